The number of nitrogens with zero attached hydrogens (tertiary/aromatic N) is 2. The van der Waals surface area contributed by atoms with E-state index in [0.29, 0.717) is 43.7 Å². The molecule has 4 rings (SSSR count). The summed E-state index contributed by atoms with van der Waals surface area (Å²) in [7, 11) is -1.95. The van der Waals surface area contributed by atoms with Gasteiger partial charge in [-0.15, -0.1) is 0 Å². The number of aliphatic hydroxyl groups is 1. The van der Waals surface area contributed by atoms with Crippen LogP contribution in [0.3, 0.4) is 0 Å². The fraction of sp³-hybridized carbons (Fsp3) is 0.414. The van der Waals surface area contributed by atoms with Crippen LogP contribution in [0.15, 0.2) is 60.3 Å². The molecule has 2 aromatic carbocycles. The van der Waals surface area contributed by atoms with E-state index in [1.165, 1.54) is 9.88 Å². The summed E-state index contributed by atoms with van der Waals surface area (Å²) in [6.07, 6.45) is 4.09. The minimum Gasteiger partial charge on any atom is -0.390 e. The lowest BCUT2D eigenvalue weighted by atomic mass is 10.00. The molecular weight excluding hydrogens is 500 g/mol. The molecule has 1 amide bonds. The van der Waals surface area contributed by atoms with Crippen molar-refractivity contribution in [2.24, 2.45) is 0 Å². The number of carbonyl (C=O) groups excluding carboxylic acids is 1. The zero-order valence-corrected chi connectivity index (χ0v) is 23.4. The van der Waals surface area contributed by atoms with Crippen molar-refractivity contribution in [2.75, 3.05) is 30.2 Å². The van der Waals surface area contributed by atoms with Crippen molar-refractivity contribution < 1.29 is 18.3 Å². The smallest absolute Gasteiger partial charge is 0.251 e. The van der Waals surface area contributed by atoms with Gasteiger partial charge in [0.2, 0.25) is 10.0 Å². The average molecular weight is 539 g/mol. The quantitative estimate of drug-likeness (QED) is 0.272. The van der Waals surface area contributed by atoms with Crippen molar-refractivity contribution in [3.05, 3.63) is 77.0 Å². The highest BCUT2D eigenvalue weighted by atomic mass is 32.2. The van der Waals surface area contributed by atoms with Gasteiger partial charge in [0.25, 0.3) is 5.91 Å². The average Bonchev–Trinajstić information content (AvgIpc) is 3.22. The molecular formula is C29H38N4O4S. The van der Waals surface area contributed by atoms with Gasteiger partial charge >= 0.3 is 0 Å². The van der Waals surface area contributed by atoms with E-state index < -0.39 is 22.2 Å². The Morgan fingerprint density at radius 3 is 2.61 bits per heavy atom. The molecule has 8 nitrogen and oxygen atoms in total. The largest absolute Gasteiger partial charge is 0.390 e. The Kier molecular flexibility index (Phi) is 8.60. The van der Waals surface area contributed by atoms with E-state index in [2.05, 4.69) is 15.2 Å². The predicted molar refractivity (Wildman–Crippen MR) is 153 cm³/mol. The number of nitrogens with one attached hydrogen (secondary N) is 2. The van der Waals surface area contributed by atoms with Crippen LogP contribution in [0.4, 0.5) is 5.69 Å². The van der Waals surface area contributed by atoms with Crippen LogP contribution in [0.1, 0.15) is 42.3 Å². The molecule has 0 fully saturated rings. The number of hydrogen-bond donors (Lipinski definition) is 3. The Morgan fingerprint density at radius 1 is 1.18 bits per heavy atom. The van der Waals surface area contributed by atoms with Gasteiger partial charge in [-0.05, 0) is 56.9 Å². The lowest BCUT2D eigenvalue weighted by molar-refractivity contribution is 0.0832. The van der Waals surface area contributed by atoms with E-state index in [0.717, 1.165) is 22.0 Å². The van der Waals surface area contributed by atoms with Crippen LogP contribution in [0, 0.1) is 0 Å². The van der Waals surface area contributed by atoms with Gasteiger partial charge in [-0.1, -0.05) is 42.0 Å². The SMILES string of the molecule is CCn1cc2c3c(cc(C(=O)N[C@@H](Cc4ccccc4)[C@H](O)CNCC=C(C)C)cc31)N(C)S(=O)(=O)CC2. The van der Waals surface area contributed by atoms with Crippen molar-refractivity contribution in [3.8, 4) is 0 Å². The van der Waals surface area contributed by atoms with Gasteiger partial charge in [0.15, 0.2) is 0 Å². The Hall–Kier alpha value is -3.14. The second-order valence-electron chi connectivity index (χ2n) is 10.1. The zero-order chi connectivity index (χ0) is 27.4. The maximum atomic E-state index is 13.6. The van der Waals surface area contributed by atoms with Gasteiger partial charge in [0.05, 0.1) is 29.1 Å². The van der Waals surface area contributed by atoms with Gasteiger partial charge < -0.3 is 20.3 Å². The van der Waals surface area contributed by atoms with Gasteiger partial charge in [-0.25, -0.2) is 8.42 Å². The number of aliphatic hydroxyl groups excluding tert-OH is 1. The lowest BCUT2D eigenvalue weighted by Crippen LogP contribution is -2.48. The van der Waals surface area contributed by atoms with Crippen LogP contribution in [0.5, 0.6) is 0 Å². The molecule has 38 heavy (non-hydrogen) atoms. The standard InChI is InChI=1S/C29H38N4O4S/c1-5-33-19-22-12-14-38(36,37)32(4)25-16-23(17-26(33)28(22)25)29(35)31-24(15-21-9-7-6-8-10-21)27(34)18-30-13-11-20(2)3/h6-11,16-17,19,24,27,30,34H,5,12-15,18H2,1-4H3,(H,31,35)/t24-,27+/m0/s1. The predicted octanol–water partition coefficient (Wildman–Crippen LogP) is 3.24. The maximum Gasteiger partial charge on any atom is 0.251 e. The number of sulfonamides is 1. The van der Waals surface area contributed by atoms with Crippen LogP contribution in [0.2, 0.25) is 0 Å². The zero-order valence-electron chi connectivity index (χ0n) is 22.6. The van der Waals surface area contributed by atoms with Crippen molar-refractivity contribution in [2.45, 2.75) is 52.3 Å². The number of benzene rings is 2. The molecule has 0 bridgehead atoms. The first-order valence-electron chi connectivity index (χ1n) is 13.1. The molecule has 0 aliphatic carbocycles. The third-order valence-corrected chi connectivity index (χ3v) is 8.87. The van der Waals surface area contributed by atoms with Gasteiger partial charge in [0.1, 0.15) is 0 Å². The first-order chi connectivity index (χ1) is 18.1. The second kappa shape index (κ2) is 11.7. The fourth-order valence-corrected chi connectivity index (χ4v) is 6.09. The minimum atomic E-state index is -3.50. The summed E-state index contributed by atoms with van der Waals surface area (Å²) in [5.41, 5.74) is 4.85. The molecule has 1 aliphatic heterocycles. The molecule has 2 atom stereocenters. The number of aryl methyl sites for hydroxylation is 2. The molecule has 9 heteroatoms. The van der Waals surface area contributed by atoms with Crippen molar-refractivity contribution in [3.63, 3.8) is 0 Å². The van der Waals surface area contributed by atoms with Crippen molar-refractivity contribution in [1.29, 1.82) is 0 Å². The molecule has 0 saturated heterocycles. The highest BCUT2D eigenvalue weighted by molar-refractivity contribution is 7.92. The molecule has 0 saturated carbocycles. The molecule has 0 unspecified atom stereocenters. The molecule has 204 valence electrons. The summed E-state index contributed by atoms with van der Waals surface area (Å²) in [6.45, 7) is 7.70. The Balaban J connectivity index is 1.66. The third-order valence-electron chi connectivity index (χ3n) is 7.12. The molecule has 1 aliphatic rings. The van der Waals surface area contributed by atoms with E-state index in [9.17, 15) is 18.3 Å². The number of aromatic nitrogens is 1. The lowest BCUT2D eigenvalue weighted by Gasteiger charge is -2.25. The van der Waals surface area contributed by atoms with E-state index >= 15 is 0 Å². The summed E-state index contributed by atoms with van der Waals surface area (Å²) < 4.78 is 29.1. The molecule has 3 N–H and O–H groups in total. The molecule has 0 radical (unpaired) electrons. The van der Waals surface area contributed by atoms with Gasteiger partial charge in [-0.2, -0.15) is 0 Å². The fourth-order valence-electron chi connectivity index (χ4n) is 4.90. The summed E-state index contributed by atoms with van der Waals surface area (Å²) in [5.74, 6) is -0.332. The van der Waals surface area contributed by atoms with E-state index in [-0.39, 0.29) is 11.7 Å². The number of anilines is 1. The summed E-state index contributed by atoms with van der Waals surface area (Å²) in [4.78, 5) is 13.6. The minimum absolute atomic E-state index is 0.0215. The highest BCUT2D eigenvalue weighted by Gasteiger charge is 2.29. The molecule has 2 heterocycles. The second-order valence-corrected chi connectivity index (χ2v) is 12.3. The summed E-state index contributed by atoms with van der Waals surface area (Å²) >= 11 is 0. The molecule has 3 aromatic rings. The van der Waals surface area contributed by atoms with Crippen LogP contribution in [-0.2, 0) is 29.4 Å². The van der Waals surface area contributed by atoms with Gasteiger partial charge in [0, 0.05) is 43.8 Å². The van der Waals surface area contributed by atoms with Crippen molar-refractivity contribution >= 4 is 32.5 Å². The van der Waals surface area contributed by atoms with Crippen LogP contribution >= 0.6 is 0 Å². The topological polar surface area (TPSA) is 104 Å². The van der Waals surface area contributed by atoms with E-state index in [1.54, 1.807) is 13.1 Å². The number of carbonyl (C=O) groups is 1. The third kappa shape index (κ3) is 6.11. The monoisotopic (exact) mass is 538 g/mol. The highest BCUT2D eigenvalue weighted by Crippen LogP contribution is 2.36. The van der Waals surface area contributed by atoms with Gasteiger partial charge in [-0.3, -0.25) is 9.10 Å². The maximum absolute atomic E-state index is 13.6. The summed E-state index contributed by atoms with van der Waals surface area (Å²) in [6, 6.07) is 12.7. The normalized spacial score (nSPS) is 16.1. The first kappa shape index (κ1) is 27.9. The van der Waals surface area contributed by atoms with Crippen LogP contribution in [0.25, 0.3) is 10.9 Å². The first-order valence-corrected chi connectivity index (χ1v) is 14.7. The Labute approximate surface area is 225 Å². The number of rotatable bonds is 10. The molecule has 0 spiro atoms. The number of allylic oxidation sites excluding steroid dienone is 1. The Bertz CT molecular complexity index is 1430. The van der Waals surface area contributed by atoms with E-state index in [4.69, 9.17) is 0 Å². The Morgan fingerprint density at radius 2 is 1.92 bits per heavy atom. The molecule has 1 aromatic heterocycles. The summed E-state index contributed by atoms with van der Waals surface area (Å²) in [5, 5.41) is 18.2. The van der Waals surface area contributed by atoms with Crippen LogP contribution in [-0.4, -0.2) is 62.0 Å². The van der Waals surface area contributed by atoms with Crippen molar-refractivity contribution in [1.82, 2.24) is 15.2 Å². The van der Waals surface area contributed by atoms with Crippen LogP contribution < -0.4 is 14.9 Å². The van der Waals surface area contributed by atoms with E-state index in [1.807, 2.05) is 69.4 Å². The number of amides is 1. The number of hydrogen-bond acceptors (Lipinski definition) is 5.